The van der Waals surface area contributed by atoms with Gasteiger partial charge in [0.25, 0.3) is 0 Å². The number of aliphatic hydroxyl groups is 2. The Balaban J connectivity index is 1.42. The van der Waals surface area contributed by atoms with Crippen molar-refractivity contribution in [1.29, 1.82) is 0 Å². The highest BCUT2D eigenvalue weighted by molar-refractivity contribution is 7.18. The third-order valence-electron chi connectivity index (χ3n) is 7.15. The average molecular weight is 644 g/mol. The van der Waals surface area contributed by atoms with Gasteiger partial charge in [-0.3, -0.25) is 0 Å². The van der Waals surface area contributed by atoms with Gasteiger partial charge in [0.05, 0.1) is 45.3 Å². The van der Waals surface area contributed by atoms with Crippen LogP contribution in [-0.2, 0) is 19.0 Å². The summed E-state index contributed by atoms with van der Waals surface area (Å²) in [6.07, 6.45) is -1.79. The first kappa shape index (κ1) is 30.2. The predicted molar refractivity (Wildman–Crippen MR) is 156 cm³/mol. The molecule has 3 aromatic heterocycles. The van der Waals surface area contributed by atoms with E-state index in [1.165, 1.54) is 40.7 Å². The number of thiazole rings is 1. The number of benzene rings is 2. The quantitative estimate of drug-likeness (QED) is 0.227. The number of esters is 1. The van der Waals surface area contributed by atoms with E-state index in [4.69, 9.17) is 25.8 Å². The van der Waals surface area contributed by atoms with Crippen molar-refractivity contribution in [2.24, 2.45) is 0 Å². The third-order valence-corrected chi connectivity index (χ3v) is 8.39. The van der Waals surface area contributed by atoms with Crippen molar-refractivity contribution < 1.29 is 33.6 Å². The molecule has 5 atom stereocenters. The predicted octanol–water partition coefficient (Wildman–Crippen LogP) is 3.22. The second-order valence-electron chi connectivity index (χ2n) is 9.97. The minimum atomic E-state index is -1.37. The van der Waals surface area contributed by atoms with E-state index in [1.807, 2.05) is 25.1 Å². The Morgan fingerprint density at radius 2 is 2.09 bits per heavy atom. The number of hydrogen-bond acceptors (Lipinski definition) is 12. The number of carbonyl (C=O) groups excluding carboxylic acids is 1. The standard InChI is InChI=1S/C28H27ClFN7O6S/c1-3-41-23(39)12-42-26-24(36-10-20(34-35-36)15-4-6-17(29)18(30)8-15)25(40)21(11-38)43-27(26)28-31-13-32-37(28)16-5-7-19-22(9-16)44-14(2)33-19/h4-10,13,21,24-27,38,40H,3,11-12H2,1-2H3/t21-,24+,25+,26-,27-/m1/s1. The highest BCUT2D eigenvalue weighted by Crippen LogP contribution is 2.40. The van der Waals surface area contributed by atoms with Gasteiger partial charge in [0, 0.05) is 5.56 Å². The molecule has 2 N–H and O–H groups in total. The monoisotopic (exact) mass is 643 g/mol. The molecule has 2 aromatic carbocycles. The summed E-state index contributed by atoms with van der Waals surface area (Å²) in [6.45, 7) is 2.71. The largest absolute Gasteiger partial charge is 0.464 e. The molecule has 0 radical (unpaired) electrons. The van der Waals surface area contributed by atoms with Gasteiger partial charge in [-0.1, -0.05) is 22.9 Å². The first-order valence-corrected chi connectivity index (χ1v) is 14.8. The van der Waals surface area contributed by atoms with Crippen molar-refractivity contribution in [1.82, 2.24) is 34.7 Å². The molecule has 0 saturated carbocycles. The van der Waals surface area contributed by atoms with Crippen LogP contribution in [0.15, 0.2) is 48.9 Å². The van der Waals surface area contributed by atoms with Crippen LogP contribution in [0.2, 0.25) is 5.02 Å². The van der Waals surface area contributed by atoms with Gasteiger partial charge >= 0.3 is 5.97 Å². The zero-order chi connectivity index (χ0) is 31.0. The summed E-state index contributed by atoms with van der Waals surface area (Å²) in [5.74, 6) is -0.978. The fourth-order valence-electron chi connectivity index (χ4n) is 5.17. The van der Waals surface area contributed by atoms with E-state index in [1.54, 1.807) is 17.7 Å². The molecule has 6 rings (SSSR count). The number of aromatic nitrogens is 7. The van der Waals surface area contributed by atoms with Crippen LogP contribution in [-0.4, -0.2) is 89.1 Å². The van der Waals surface area contributed by atoms with Crippen molar-refractivity contribution in [3.05, 3.63) is 70.6 Å². The Labute approximate surface area is 258 Å². The fourth-order valence-corrected chi connectivity index (χ4v) is 6.15. The molecule has 16 heteroatoms. The van der Waals surface area contributed by atoms with E-state index in [0.29, 0.717) is 11.3 Å². The van der Waals surface area contributed by atoms with E-state index in [-0.39, 0.29) is 23.1 Å². The van der Waals surface area contributed by atoms with Gasteiger partial charge < -0.3 is 24.4 Å². The van der Waals surface area contributed by atoms with Gasteiger partial charge in [-0.25, -0.2) is 28.5 Å². The maximum absolute atomic E-state index is 14.2. The molecule has 1 fully saturated rings. The second-order valence-corrected chi connectivity index (χ2v) is 11.6. The fraction of sp³-hybridized carbons (Fsp3) is 0.357. The molecule has 0 amide bonds. The Hall–Kier alpha value is -3.86. The minimum absolute atomic E-state index is 0.0456. The lowest BCUT2D eigenvalue weighted by atomic mass is 9.91. The number of rotatable bonds is 9. The number of ether oxygens (including phenoxy) is 3. The molecule has 1 aliphatic heterocycles. The van der Waals surface area contributed by atoms with E-state index in [9.17, 15) is 19.4 Å². The van der Waals surface area contributed by atoms with Crippen LogP contribution in [0.1, 0.15) is 29.9 Å². The highest BCUT2D eigenvalue weighted by atomic mass is 35.5. The Morgan fingerprint density at radius 3 is 2.86 bits per heavy atom. The molecule has 0 unspecified atom stereocenters. The van der Waals surface area contributed by atoms with Gasteiger partial charge in [-0.15, -0.1) is 16.4 Å². The van der Waals surface area contributed by atoms with Gasteiger partial charge in [-0.05, 0) is 44.2 Å². The van der Waals surface area contributed by atoms with Crippen LogP contribution >= 0.6 is 22.9 Å². The van der Waals surface area contributed by atoms with Crippen LogP contribution in [0.5, 0.6) is 0 Å². The summed E-state index contributed by atoms with van der Waals surface area (Å²) in [6, 6.07) is 8.77. The molecule has 230 valence electrons. The molecule has 13 nitrogen and oxygen atoms in total. The first-order chi connectivity index (χ1) is 21.3. The first-order valence-electron chi connectivity index (χ1n) is 13.6. The number of fused-ring (bicyclic) bond motifs is 1. The molecular formula is C28H27ClFN7O6S. The molecule has 44 heavy (non-hydrogen) atoms. The number of aliphatic hydroxyl groups excluding tert-OH is 2. The highest BCUT2D eigenvalue weighted by Gasteiger charge is 2.50. The second kappa shape index (κ2) is 12.6. The summed E-state index contributed by atoms with van der Waals surface area (Å²) in [4.78, 5) is 21.3. The molecule has 4 heterocycles. The zero-order valence-corrected chi connectivity index (χ0v) is 25.0. The molecular weight excluding hydrogens is 617 g/mol. The van der Waals surface area contributed by atoms with E-state index in [0.717, 1.165) is 15.2 Å². The lowest BCUT2D eigenvalue weighted by Crippen LogP contribution is -2.54. The summed E-state index contributed by atoms with van der Waals surface area (Å²) in [5, 5.41) is 35.3. The van der Waals surface area contributed by atoms with Crippen LogP contribution in [0.25, 0.3) is 27.2 Å². The molecule has 0 bridgehead atoms. The smallest absolute Gasteiger partial charge is 0.332 e. The minimum Gasteiger partial charge on any atom is -0.464 e. The lowest BCUT2D eigenvalue weighted by molar-refractivity contribution is -0.225. The summed E-state index contributed by atoms with van der Waals surface area (Å²) >= 11 is 7.37. The summed E-state index contributed by atoms with van der Waals surface area (Å²) in [7, 11) is 0. The van der Waals surface area contributed by atoms with Crippen molar-refractivity contribution in [2.45, 2.75) is 44.3 Å². The molecule has 5 aromatic rings. The van der Waals surface area contributed by atoms with Crippen LogP contribution in [0, 0.1) is 12.7 Å². The van der Waals surface area contributed by atoms with Crippen molar-refractivity contribution >= 4 is 39.1 Å². The number of aryl methyl sites for hydroxylation is 1. The number of hydrogen-bond donors (Lipinski definition) is 2. The SMILES string of the molecule is CCOC(=O)CO[C@@H]1[C@@H](n2cc(-c3ccc(Cl)c(F)c3)nn2)[C@@H](O)[C@@H](CO)O[C@H]1c1ncnn1-c1ccc2nc(C)sc2c1. The van der Waals surface area contributed by atoms with Crippen molar-refractivity contribution in [2.75, 3.05) is 19.8 Å². The van der Waals surface area contributed by atoms with Crippen LogP contribution < -0.4 is 0 Å². The van der Waals surface area contributed by atoms with Crippen molar-refractivity contribution in [3.63, 3.8) is 0 Å². The van der Waals surface area contributed by atoms with Crippen molar-refractivity contribution in [3.8, 4) is 16.9 Å². The number of carbonyl (C=O) groups is 1. The van der Waals surface area contributed by atoms with E-state index in [2.05, 4.69) is 25.4 Å². The maximum atomic E-state index is 14.2. The lowest BCUT2D eigenvalue weighted by Gasteiger charge is -2.43. The molecule has 1 saturated heterocycles. The average Bonchev–Trinajstić information content (AvgIpc) is 3.77. The maximum Gasteiger partial charge on any atom is 0.332 e. The molecule has 0 spiro atoms. The Kier molecular flexibility index (Phi) is 8.66. The van der Waals surface area contributed by atoms with Gasteiger partial charge in [-0.2, -0.15) is 5.10 Å². The Bertz CT molecular complexity index is 1800. The topological polar surface area (TPSA) is 160 Å². The van der Waals surface area contributed by atoms with Crippen LogP contribution in [0.3, 0.4) is 0 Å². The molecule has 0 aliphatic carbocycles. The van der Waals surface area contributed by atoms with Gasteiger partial charge in [0.15, 0.2) is 5.82 Å². The number of nitrogens with zero attached hydrogens (tertiary/aromatic N) is 7. The summed E-state index contributed by atoms with van der Waals surface area (Å²) < 4.78 is 35.4. The summed E-state index contributed by atoms with van der Waals surface area (Å²) in [5.41, 5.74) is 2.19. The van der Waals surface area contributed by atoms with Gasteiger partial charge in [0.1, 0.15) is 54.9 Å². The Morgan fingerprint density at radius 1 is 1.25 bits per heavy atom. The van der Waals surface area contributed by atoms with Gasteiger partial charge in [0.2, 0.25) is 0 Å². The molecule has 1 aliphatic rings. The van der Waals surface area contributed by atoms with E-state index >= 15 is 0 Å². The number of halogens is 2. The normalized spacial score (nSPS) is 22.0. The van der Waals surface area contributed by atoms with Crippen LogP contribution in [0.4, 0.5) is 4.39 Å². The van der Waals surface area contributed by atoms with E-state index < -0.39 is 55.5 Å². The third kappa shape index (κ3) is 5.81. The zero-order valence-electron chi connectivity index (χ0n) is 23.4.